The number of alkyl halides is 1. The first kappa shape index (κ1) is 12.8. The highest BCUT2D eigenvalue weighted by molar-refractivity contribution is 6.17. The van der Waals surface area contributed by atoms with E-state index in [0.717, 1.165) is 29.3 Å². The van der Waals surface area contributed by atoms with Crippen molar-refractivity contribution in [1.82, 2.24) is 0 Å². The number of rotatable bonds is 3. The van der Waals surface area contributed by atoms with Gasteiger partial charge in [-0.1, -0.05) is 6.07 Å². The summed E-state index contributed by atoms with van der Waals surface area (Å²) in [7, 11) is 0. The molecule has 0 atom stereocenters. The van der Waals surface area contributed by atoms with Gasteiger partial charge in [0.25, 0.3) is 0 Å². The molecule has 2 aromatic rings. The summed E-state index contributed by atoms with van der Waals surface area (Å²) < 4.78 is 31.7. The number of hydrogen-bond donors (Lipinski definition) is 0. The van der Waals surface area contributed by atoms with Crippen LogP contribution in [0, 0.1) is 18.6 Å². The third kappa shape index (κ3) is 2.79. The van der Waals surface area contributed by atoms with Crippen LogP contribution in [0.3, 0.4) is 0 Å². The van der Waals surface area contributed by atoms with Crippen LogP contribution in [0.25, 0.3) is 0 Å². The van der Waals surface area contributed by atoms with E-state index in [2.05, 4.69) is 0 Å². The van der Waals surface area contributed by atoms with Gasteiger partial charge in [0.1, 0.15) is 11.6 Å². The lowest BCUT2D eigenvalue weighted by Crippen LogP contribution is -1.91. The Labute approximate surface area is 109 Å². The summed E-state index contributed by atoms with van der Waals surface area (Å²) in [5.74, 6) is -0.421. The number of benzene rings is 2. The number of hydrogen-bond acceptors (Lipinski definition) is 1. The predicted molar refractivity (Wildman–Crippen MR) is 67.2 cm³/mol. The Balaban J connectivity index is 2.28. The lowest BCUT2D eigenvalue weighted by molar-refractivity contribution is 0.436. The third-order valence-corrected chi connectivity index (χ3v) is 2.87. The van der Waals surface area contributed by atoms with Gasteiger partial charge in [-0.2, -0.15) is 0 Å². The summed E-state index contributed by atoms with van der Waals surface area (Å²) in [6.45, 7) is 1.88. The topological polar surface area (TPSA) is 9.23 Å². The maximum Gasteiger partial charge on any atom is 0.165 e. The number of ether oxygens (including phenoxy) is 1. The van der Waals surface area contributed by atoms with Crippen molar-refractivity contribution in [1.29, 1.82) is 0 Å². The van der Waals surface area contributed by atoms with Crippen LogP contribution in [-0.4, -0.2) is 0 Å². The molecule has 0 spiro atoms. The minimum absolute atomic E-state index is 0.131. The van der Waals surface area contributed by atoms with Gasteiger partial charge in [-0.3, -0.25) is 0 Å². The van der Waals surface area contributed by atoms with E-state index < -0.39 is 11.6 Å². The summed E-state index contributed by atoms with van der Waals surface area (Å²) in [6, 6.07) is 8.31. The fourth-order valence-electron chi connectivity index (χ4n) is 1.56. The summed E-state index contributed by atoms with van der Waals surface area (Å²) >= 11 is 5.74. The minimum Gasteiger partial charge on any atom is -0.454 e. The smallest absolute Gasteiger partial charge is 0.165 e. The van der Waals surface area contributed by atoms with Crippen LogP contribution in [0.1, 0.15) is 11.1 Å². The lowest BCUT2D eigenvalue weighted by Gasteiger charge is -2.09. The second-order valence-corrected chi connectivity index (χ2v) is 4.17. The minimum atomic E-state index is -0.601. The van der Waals surface area contributed by atoms with E-state index in [9.17, 15) is 8.78 Å². The zero-order valence-corrected chi connectivity index (χ0v) is 10.5. The van der Waals surface area contributed by atoms with Crippen LogP contribution in [0.4, 0.5) is 8.78 Å². The first-order valence-electron chi connectivity index (χ1n) is 5.38. The molecule has 0 saturated carbocycles. The zero-order valence-electron chi connectivity index (χ0n) is 9.71. The van der Waals surface area contributed by atoms with Crippen LogP contribution in [0.5, 0.6) is 11.5 Å². The molecule has 0 heterocycles. The van der Waals surface area contributed by atoms with Crippen molar-refractivity contribution in [3.05, 3.63) is 59.2 Å². The van der Waals surface area contributed by atoms with Gasteiger partial charge in [-0.25, -0.2) is 8.78 Å². The molecule has 4 heteroatoms. The standard InChI is InChI=1S/C14H11ClF2O/c1-9-6-12(4-2-10(9)8-15)18-14-7-11(16)3-5-13(14)17/h2-7H,8H2,1H3. The van der Waals surface area contributed by atoms with E-state index >= 15 is 0 Å². The van der Waals surface area contributed by atoms with Crippen molar-refractivity contribution < 1.29 is 13.5 Å². The molecule has 2 aromatic carbocycles. The van der Waals surface area contributed by atoms with E-state index in [0.29, 0.717) is 11.6 Å². The van der Waals surface area contributed by atoms with Crippen molar-refractivity contribution in [2.75, 3.05) is 0 Å². The Morgan fingerprint density at radius 3 is 2.56 bits per heavy atom. The quantitative estimate of drug-likeness (QED) is 0.726. The first-order chi connectivity index (χ1) is 8.60. The second-order valence-electron chi connectivity index (χ2n) is 3.90. The Kier molecular flexibility index (Phi) is 3.82. The molecule has 0 N–H and O–H groups in total. The summed E-state index contributed by atoms with van der Waals surface area (Å²) in [5, 5.41) is 0. The first-order valence-corrected chi connectivity index (χ1v) is 5.92. The van der Waals surface area contributed by atoms with E-state index in [4.69, 9.17) is 16.3 Å². The Bertz CT molecular complexity index is 570. The molecule has 0 aliphatic heterocycles. The average molecular weight is 269 g/mol. The molecule has 0 aliphatic carbocycles. The molecule has 0 aliphatic rings. The summed E-state index contributed by atoms with van der Waals surface area (Å²) in [4.78, 5) is 0. The van der Waals surface area contributed by atoms with E-state index in [1.54, 1.807) is 18.2 Å². The van der Waals surface area contributed by atoms with Gasteiger partial charge in [0.05, 0.1) is 0 Å². The van der Waals surface area contributed by atoms with Crippen molar-refractivity contribution in [3.63, 3.8) is 0 Å². The zero-order chi connectivity index (χ0) is 13.1. The van der Waals surface area contributed by atoms with Crippen LogP contribution < -0.4 is 4.74 Å². The van der Waals surface area contributed by atoms with Crippen molar-refractivity contribution in [2.45, 2.75) is 12.8 Å². The molecular formula is C14H11ClF2O. The Morgan fingerprint density at radius 1 is 1.11 bits per heavy atom. The molecule has 0 radical (unpaired) electrons. The van der Waals surface area contributed by atoms with Crippen molar-refractivity contribution >= 4 is 11.6 Å². The monoisotopic (exact) mass is 268 g/mol. The molecule has 1 nitrogen and oxygen atoms in total. The largest absolute Gasteiger partial charge is 0.454 e. The number of halogens is 3. The highest BCUT2D eigenvalue weighted by Crippen LogP contribution is 2.27. The Morgan fingerprint density at radius 2 is 1.89 bits per heavy atom. The van der Waals surface area contributed by atoms with Gasteiger partial charge in [-0.15, -0.1) is 11.6 Å². The second kappa shape index (κ2) is 5.36. The number of aryl methyl sites for hydroxylation is 1. The maximum absolute atomic E-state index is 13.4. The van der Waals surface area contributed by atoms with Gasteiger partial charge in [0.15, 0.2) is 11.6 Å². The summed E-state index contributed by atoms with van der Waals surface area (Å²) in [5.41, 5.74) is 1.92. The molecule has 0 bridgehead atoms. The van der Waals surface area contributed by atoms with Crippen LogP contribution in [0.15, 0.2) is 36.4 Å². The van der Waals surface area contributed by atoms with Gasteiger partial charge in [-0.05, 0) is 42.3 Å². The Hall–Kier alpha value is -1.61. The van der Waals surface area contributed by atoms with Crippen LogP contribution in [0.2, 0.25) is 0 Å². The van der Waals surface area contributed by atoms with E-state index in [1.807, 2.05) is 6.92 Å². The fraction of sp³-hybridized carbons (Fsp3) is 0.143. The summed E-state index contributed by atoms with van der Waals surface area (Å²) in [6.07, 6.45) is 0. The molecule has 0 aromatic heterocycles. The van der Waals surface area contributed by atoms with E-state index in [-0.39, 0.29) is 5.75 Å². The molecule has 2 rings (SSSR count). The van der Waals surface area contributed by atoms with Gasteiger partial charge >= 0.3 is 0 Å². The van der Waals surface area contributed by atoms with Crippen LogP contribution >= 0.6 is 11.6 Å². The van der Waals surface area contributed by atoms with Crippen LogP contribution in [-0.2, 0) is 5.88 Å². The molecule has 0 unspecified atom stereocenters. The van der Waals surface area contributed by atoms with Crippen molar-refractivity contribution in [3.8, 4) is 11.5 Å². The molecule has 0 saturated heterocycles. The molecule has 0 amide bonds. The molecule has 0 fully saturated rings. The fourth-order valence-corrected chi connectivity index (χ4v) is 1.86. The lowest BCUT2D eigenvalue weighted by atomic mass is 10.1. The van der Waals surface area contributed by atoms with Gasteiger partial charge in [0.2, 0.25) is 0 Å². The molecule has 94 valence electrons. The van der Waals surface area contributed by atoms with Gasteiger partial charge in [0, 0.05) is 11.9 Å². The normalized spacial score (nSPS) is 10.4. The highest BCUT2D eigenvalue weighted by atomic mass is 35.5. The average Bonchev–Trinajstić information content (AvgIpc) is 2.34. The predicted octanol–water partition coefficient (Wildman–Crippen LogP) is 4.80. The van der Waals surface area contributed by atoms with Gasteiger partial charge < -0.3 is 4.74 Å². The maximum atomic E-state index is 13.4. The highest BCUT2D eigenvalue weighted by Gasteiger charge is 2.07. The van der Waals surface area contributed by atoms with Crippen molar-refractivity contribution in [2.24, 2.45) is 0 Å². The molecule has 18 heavy (non-hydrogen) atoms. The third-order valence-electron chi connectivity index (χ3n) is 2.58. The molecular weight excluding hydrogens is 258 g/mol. The SMILES string of the molecule is Cc1cc(Oc2cc(F)ccc2F)ccc1CCl. The van der Waals surface area contributed by atoms with E-state index in [1.165, 1.54) is 0 Å².